The van der Waals surface area contributed by atoms with Crippen LogP contribution in [0.4, 0.5) is 0 Å². The fourth-order valence-electron chi connectivity index (χ4n) is 5.91. The molecule has 0 aromatic heterocycles. The van der Waals surface area contributed by atoms with Crippen LogP contribution in [0.5, 0.6) is 0 Å². The molecule has 0 nitrogen and oxygen atoms in total. The van der Waals surface area contributed by atoms with Crippen LogP contribution in [-0.4, -0.2) is 0 Å². The van der Waals surface area contributed by atoms with Gasteiger partial charge in [-0.05, 0) is 91.0 Å². The molecule has 0 fully saturated rings. The minimum Gasteiger partial charge on any atom is -0.0776 e. The Balaban J connectivity index is 0.000000157. The van der Waals surface area contributed by atoms with Crippen molar-refractivity contribution < 1.29 is 0 Å². The monoisotopic (exact) mass is 508 g/mol. The van der Waals surface area contributed by atoms with E-state index in [2.05, 4.69) is 123 Å². The molecule has 0 atom stereocenters. The molecule has 0 bridgehead atoms. The summed E-state index contributed by atoms with van der Waals surface area (Å²) in [5.74, 6) is 0. The molecule has 39 heavy (non-hydrogen) atoms. The standard InChI is InChI=1S/2C17H12.2C2H6.CH4/c2*1-11-9-10-16-14-6-3-2-5-13(14)15-8-4-7-12(11)17(15)16;2*1-2;/h2*2-10H,1H3;2*1-2H3;1H4. The second-order valence-electron chi connectivity index (χ2n) is 9.41. The third kappa shape index (κ3) is 4.45. The van der Waals surface area contributed by atoms with Crippen LogP contribution in [0.15, 0.2) is 109 Å². The molecule has 0 unspecified atom stereocenters. The Bertz CT molecular complexity index is 1580. The molecule has 0 radical (unpaired) electrons. The van der Waals surface area contributed by atoms with E-state index in [1.807, 2.05) is 27.7 Å². The lowest BCUT2D eigenvalue weighted by Crippen LogP contribution is -1.79. The van der Waals surface area contributed by atoms with Crippen LogP contribution in [0.3, 0.4) is 0 Å². The van der Waals surface area contributed by atoms with Gasteiger partial charge in [-0.25, -0.2) is 0 Å². The van der Waals surface area contributed by atoms with Gasteiger partial charge in [-0.15, -0.1) is 0 Å². The predicted molar refractivity (Wildman–Crippen MR) is 176 cm³/mol. The number of hydrogen-bond acceptors (Lipinski definition) is 0. The lowest BCUT2D eigenvalue weighted by Gasteiger charge is -2.04. The maximum absolute atomic E-state index is 2.26. The molecular weight excluding hydrogens is 468 g/mol. The zero-order valence-corrected chi connectivity index (χ0v) is 23.4. The van der Waals surface area contributed by atoms with E-state index in [-0.39, 0.29) is 7.43 Å². The summed E-state index contributed by atoms with van der Waals surface area (Å²) in [7, 11) is 0. The van der Waals surface area contributed by atoms with Crippen LogP contribution >= 0.6 is 0 Å². The van der Waals surface area contributed by atoms with Gasteiger partial charge in [-0.3, -0.25) is 0 Å². The normalized spacial score (nSPS) is 10.6. The van der Waals surface area contributed by atoms with Crippen LogP contribution in [0.25, 0.3) is 66.1 Å². The fourth-order valence-corrected chi connectivity index (χ4v) is 5.91. The topological polar surface area (TPSA) is 0 Å². The average Bonchev–Trinajstić information content (AvgIpc) is 3.50. The Labute approximate surface area is 235 Å². The Morgan fingerprint density at radius 1 is 0.308 bits per heavy atom. The summed E-state index contributed by atoms with van der Waals surface area (Å²) in [4.78, 5) is 0. The minimum atomic E-state index is 0. The molecule has 6 aromatic carbocycles. The molecule has 196 valence electrons. The van der Waals surface area contributed by atoms with E-state index in [0.29, 0.717) is 0 Å². The van der Waals surface area contributed by atoms with Gasteiger partial charge in [0.05, 0.1) is 0 Å². The lowest BCUT2D eigenvalue weighted by molar-refractivity contribution is 1.50. The van der Waals surface area contributed by atoms with Gasteiger partial charge in [0.1, 0.15) is 0 Å². The first-order chi connectivity index (χ1) is 18.7. The number of rotatable bonds is 0. The Morgan fingerprint density at radius 2 is 0.590 bits per heavy atom. The second kappa shape index (κ2) is 11.7. The van der Waals surface area contributed by atoms with Crippen molar-refractivity contribution in [2.45, 2.75) is 49.0 Å². The SMILES string of the molecule is C.CC.CC.Cc1ccc2c3c(cccc13)-c1ccccc1-2.Cc1ccc2c3c(cccc13)-c1ccccc1-2. The third-order valence-corrected chi connectivity index (χ3v) is 7.53. The fraction of sp³-hybridized carbons (Fsp3) is 0.179. The molecule has 0 heteroatoms. The van der Waals surface area contributed by atoms with E-state index in [4.69, 9.17) is 0 Å². The van der Waals surface area contributed by atoms with E-state index in [9.17, 15) is 0 Å². The maximum Gasteiger partial charge on any atom is -0.00237 e. The summed E-state index contributed by atoms with van der Waals surface area (Å²) < 4.78 is 0. The zero-order valence-electron chi connectivity index (χ0n) is 23.4. The summed E-state index contributed by atoms with van der Waals surface area (Å²) >= 11 is 0. The van der Waals surface area contributed by atoms with Gasteiger partial charge < -0.3 is 0 Å². The average molecular weight is 509 g/mol. The van der Waals surface area contributed by atoms with Crippen molar-refractivity contribution in [2.75, 3.05) is 0 Å². The molecule has 2 aliphatic rings. The van der Waals surface area contributed by atoms with Crippen LogP contribution in [0.2, 0.25) is 0 Å². The van der Waals surface area contributed by atoms with Gasteiger partial charge in [0.15, 0.2) is 0 Å². The van der Waals surface area contributed by atoms with Crippen molar-refractivity contribution in [1.29, 1.82) is 0 Å². The summed E-state index contributed by atoms with van der Waals surface area (Å²) in [5, 5.41) is 5.62. The molecular formula is C39H40. The zero-order chi connectivity index (χ0) is 26.8. The molecule has 0 heterocycles. The highest BCUT2D eigenvalue weighted by Gasteiger charge is 2.21. The Morgan fingerprint density at radius 3 is 0.923 bits per heavy atom. The number of fused-ring (bicyclic) bond motifs is 6. The molecule has 0 amide bonds. The highest BCUT2D eigenvalue weighted by Crippen LogP contribution is 2.48. The molecule has 0 saturated carbocycles. The molecule has 8 rings (SSSR count). The number of benzene rings is 6. The maximum atomic E-state index is 2.26. The van der Waals surface area contributed by atoms with E-state index in [1.165, 1.54) is 77.2 Å². The molecule has 0 N–H and O–H groups in total. The van der Waals surface area contributed by atoms with Gasteiger partial charge in [0.2, 0.25) is 0 Å². The lowest BCUT2D eigenvalue weighted by atomic mass is 9.99. The van der Waals surface area contributed by atoms with Gasteiger partial charge in [-0.2, -0.15) is 0 Å². The van der Waals surface area contributed by atoms with Crippen LogP contribution in [0.1, 0.15) is 46.2 Å². The highest BCUT2D eigenvalue weighted by molar-refractivity contribution is 6.16. The smallest absolute Gasteiger partial charge is 0.00237 e. The van der Waals surface area contributed by atoms with Gasteiger partial charge >= 0.3 is 0 Å². The van der Waals surface area contributed by atoms with Crippen molar-refractivity contribution in [2.24, 2.45) is 0 Å². The molecule has 0 aliphatic heterocycles. The van der Waals surface area contributed by atoms with Gasteiger partial charge in [0, 0.05) is 0 Å². The third-order valence-electron chi connectivity index (χ3n) is 7.53. The summed E-state index contributed by atoms with van der Waals surface area (Å²) in [6.07, 6.45) is 0. The summed E-state index contributed by atoms with van der Waals surface area (Å²) in [5.41, 5.74) is 13.8. The number of hydrogen-bond donors (Lipinski definition) is 0. The predicted octanol–water partition coefficient (Wildman–Crippen LogP) is 12.3. The molecule has 0 saturated heterocycles. The van der Waals surface area contributed by atoms with Crippen LogP contribution in [0, 0.1) is 13.8 Å². The van der Waals surface area contributed by atoms with Crippen molar-refractivity contribution in [3.63, 3.8) is 0 Å². The Kier molecular flexibility index (Phi) is 8.36. The van der Waals surface area contributed by atoms with Gasteiger partial charge in [-0.1, -0.05) is 144 Å². The quantitative estimate of drug-likeness (QED) is 0.191. The summed E-state index contributed by atoms with van der Waals surface area (Å²) in [6.45, 7) is 12.4. The molecule has 0 spiro atoms. The van der Waals surface area contributed by atoms with Crippen molar-refractivity contribution in [1.82, 2.24) is 0 Å². The Hall–Kier alpha value is -4.16. The number of aryl methyl sites for hydroxylation is 2. The van der Waals surface area contributed by atoms with Crippen LogP contribution in [-0.2, 0) is 0 Å². The van der Waals surface area contributed by atoms with Gasteiger partial charge in [0.25, 0.3) is 0 Å². The van der Waals surface area contributed by atoms with E-state index < -0.39 is 0 Å². The molecule has 2 aliphatic carbocycles. The van der Waals surface area contributed by atoms with E-state index in [0.717, 1.165) is 0 Å². The largest absolute Gasteiger partial charge is 0.0776 e. The van der Waals surface area contributed by atoms with Crippen LogP contribution < -0.4 is 0 Å². The van der Waals surface area contributed by atoms with Crippen molar-refractivity contribution in [3.05, 3.63) is 120 Å². The highest BCUT2D eigenvalue weighted by atomic mass is 14.2. The second-order valence-corrected chi connectivity index (χ2v) is 9.41. The first-order valence-corrected chi connectivity index (χ1v) is 14.0. The molecule has 6 aromatic rings. The van der Waals surface area contributed by atoms with Crippen molar-refractivity contribution in [3.8, 4) is 44.5 Å². The first-order valence-electron chi connectivity index (χ1n) is 14.0. The first kappa shape index (κ1) is 27.9. The van der Waals surface area contributed by atoms with E-state index in [1.54, 1.807) is 0 Å². The summed E-state index contributed by atoms with van der Waals surface area (Å²) in [6, 6.07) is 39.6. The van der Waals surface area contributed by atoms with E-state index >= 15 is 0 Å². The van der Waals surface area contributed by atoms with Crippen molar-refractivity contribution >= 4 is 21.5 Å². The minimum absolute atomic E-state index is 0.